The number of aliphatic hydroxyl groups excluding tert-OH is 4. The molecule has 6 atom stereocenters. The fourth-order valence-electron chi connectivity index (χ4n) is 5.82. The Morgan fingerprint density at radius 2 is 1.71 bits per heavy atom. The first kappa shape index (κ1) is 25.0. The highest BCUT2D eigenvalue weighted by atomic mass is 16.7. The molecule has 202 valence electrons. The highest BCUT2D eigenvalue weighted by molar-refractivity contribution is 6.05. The maximum Gasteiger partial charge on any atom is 0.231 e. The van der Waals surface area contributed by atoms with E-state index in [1.807, 2.05) is 30.3 Å². The Labute approximate surface area is 217 Å². The van der Waals surface area contributed by atoms with E-state index in [0.29, 0.717) is 34.1 Å². The second-order valence-electron chi connectivity index (χ2n) is 9.72. The number of nitrogens with zero attached hydrogens (tertiary/aromatic N) is 1. The van der Waals surface area contributed by atoms with E-state index in [0.717, 1.165) is 22.0 Å². The molecule has 38 heavy (non-hydrogen) atoms. The fraction of sp³-hybridized carbons (Fsp3) is 0.407. The van der Waals surface area contributed by atoms with Crippen molar-refractivity contribution in [2.24, 2.45) is 0 Å². The highest BCUT2D eigenvalue weighted by Crippen LogP contribution is 2.55. The van der Waals surface area contributed by atoms with E-state index in [-0.39, 0.29) is 6.79 Å². The van der Waals surface area contributed by atoms with Crippen molar-refractivity contribution in [3.05, 3.63) is 42.0 Å². The lowest BCUT2D eigenvalue weighted by molar-refractivity contribution is -0.354. The Hall–Kier alpha value is -3.32. The number of hydrogen-bond acceptors (Lipinski definition) is 11. The van der Waals surface area contributed by atoms with Crippen molar-refractivity contribution in [1.82, 2.24) is 0 Å². The Morgan fingerprint density at radius 3 is 2.42 bits per heavy atom. The van der Waals surface area contributed by atoms with E-state index in [9.17, 15) is 25.5 Å². The third-order valence-electron chi connectivity index (χ3n) is 7.77. The molecule has 3 aliphatic rings. The average molecular weight is 528 g/mol. The van der Waals surface area contributed by atoms with E-state index >= 15 is 0 Å². The summed E-state index contributed by atoms with van der Waals surface area (Å²) in [6, 6.07) is 10.2. The van der Waals surface area contributed by atoms with E-state index in [1.54, 1.807) is 18.0 Å². The number of likely N-dealkylation sites (N-methyl/N-ethyl adjacent to an activating group) is 1. The van der Waals surface area contributed by atoms with Gasteiger partial charge in [0.15, 0.2) is 23.0 Å². The number of methoxy groups -OCH3 is 2. The van der Waals surface area contributed by atoms with Gasteiger partial charge in [-0.3, -0.25) is 0 Å². The molecule has 6 unspecified atom stereocenters. The first-order valence-electron chi connectivity index (χ1n) is 12.1. The molecule has 0 amide bonds. The number of benzene rings is 3. The number of aliphatic hydroxyl groups is 5. The Kier molecular flexibility index (Phi) is 5.83. The first-order chi connectivity index (χ1) is 18.2. The molecule has 0 spiro atoms. The zero-order valence-electron chi connectivity index (χ0n) is 21.0. The molecular weight excluding hydrogens is 498 g/mol. The maximum atomic E-state index is 11.8. The van der Waals surface area contributed by atoms with Gasteiger partial charge < -0.3 is 54.1 Å². The molecule has 0 aliphatic carbocycles. The van der Waals surface area contributed by atoms with Crippen LogP contribution in [0.1, 0.15) is 11.6 Å². The summed E-state index contributed by atoms with van der Waals surface area (Å²) in [5, 5.41) is 55.9. The predicted molar refractivity (Wildman–Crippen MR) is 135 cm³/mol. The van der Waals surface area contributed by atoms with Crippen molar-refractivity contribution in [2.45, 2.75) is 36.2 Å². The van der Waals surface area contributed by atoms with Crippen molar-refractivity contribution in [2.75, 3.05) is 39.6 Å². The maximum absolute atomic E-state index is 11.8. The summed E-state index contributed by atoms with van der Waals surface area (Å²) in [6.45, 7) is -0.380. The highest BCUT2D eigenvalue weighted by Gasteiger charge is 2.57. The van der Waals surface area contributed by atoms with E-state index in [4.69, 9.17) is 23.7 Å². The van der Waals surface area contributed by atoms with Gasteiger partial charge in [0.1, 0.15) is 24.4 Å². The third-order valence-corrected chi connectivity index (χ3v) is 7.77. The van der Waals surface area contributed by atoms with Gasteiger partial charge in [0.2, 0.25) is 12.6 Å². The van der Waals surface area contributed by atoms with Gasteiger partial charge in [0.05, 0.1) is 32.6 Å². The monoisotopic (exact) mass is 527 g/mol. The molecule has 0 radical (unpaired) electrons. The van der Waals surface area contributed by atoms with Crippen molar-refractivity contribution >= 4 is 16.5 Å². The van der Waals surface area contributed by atoms with Gasteiger partial charge in [-0.2, -0.15) is 0 Å². The second kappa shape index (κ2) is 8.87. The van der Waals surface area contributed by atoms with Crippen molar-refractivity contribution in [3.63, 3.8) is 0 Å². The summed E-state index contributed by atoms with van der Waals surface area (Å²) in [5.41, 5.74) is 2.73. The van der Waals surface area contributed by atoms with Gasteiger partial charge in [0.25, 0.3) is 0 Å². The molecule has 3 aromatic carbocycles. The van der Waals surface area contributed by atoms with Crippen LogP contribution in [0.25, 0.3) is 21.9 Å². The van der Waals surface area contributed by atoms with Crippen molar-refractivity contribution < 1.29 is 49.2 Å². The Bertz CT molecular complexity index is 1410. The second-order valence-corrected chi connectivity index (χ2v) is 9.72. The topological polar surface area (TPSA) is 151 Å². The number of rotatable bonds is 4. The van der Waals surface area contributed by atoms with E-state index in [1.165, 1.54) is 14.2 Å². The minimum absolute atomic E-state index is 0.112. The zero-order valence-corrected chi connectivity index (χ0v) is 21.0. The number of hydrogen-bond donors (Lipinski definition) is 5. The minimum atomic E-state index is -2.62. The van der Waals surface area contributed by atoms with Crippen LogP contribution < -0.4 is 23.8 Å². The summed E-state index contributed by atoms with van der Waals surface area (Å²) >= 11 is 0. The van der Waals surface area contributed by atoms with Gasteiger partial charge in [-0.15, -0.1) is 0 Å². The fourth-order valence-corrected chi connectivity index (χ4v) is 5.82. The number of anilines is 1. The summed E-state index contributed by atoms with van der Waals surface area (Å²) < 4.78 is 27.8. The van der Waals surface area contributed by atoms with Crippen LogP contribution in [0.2, 0.25) is 0 Å². The van der Waals surface area contributed by atoms with Crippen LogP contribution >= 0.6 is 0 Å². The predicted octanol–water partition coefficient (Wildman–Crippen LogP) is 0.906. The summed E-state index contributed by atoms with van der Waals surface area (Å²) in [5.74, 6) is -0.691. The SMILES string of the molecule is COc1ccc2c(c1OC)C(C(O)C1(O)OCC(O)C(O)C1O)N(C)c1c-2ccc2cc3c(cc12)OCO3. The molecule has 3 aliphatic heterocycles. The number of ether oxygens (including phenoxy) is 5. The molecule has 3 aromatic rings. The van der Waals surface area contributed by atoms with Gasteiger partial charge in [-0.05, 0) is 35.2 Å². The quantitative estimate of drug-likeness (QED) is 0.329. The molecule has 0 aromatic heterocycles. The smallest absolute Gasteiger partial charge is 0.231 e. The summed E-state index contributed by atoms with van der Waals surface area (Å²) in [6.07, 6.45) is -6.99. The molecule has 11 heteroatoms. The Balaban J connectivity index is 1.60. The standard InChI is InChI=1S/C27H29NO10/c1-28-21-14(5-4-12-8-18-19(9-15(12)21)37-11-36-18)13-6-7-17(34-2)24(35-3)20(13)22(28)25(31)27(33)26(32)23(30)16(29)10-38-27/h4-9,16,22-23,25-26,29-33H,10-11H2,1-3H3. The Morgan fingerprint density at radius 1 is 1.00 bits per heavy atom. The lowest BCUT2D eigenvalue weighted by atomic mass is 9.79. The molecule has 6 rings (SSSR count). The van der Waals surface area contributed by atoms with Crippen LogP contribution in [0.15, 0.2) is 36.4 Å². The molecule has 0 saturated carbocycles. The van der Waals surface area contributed by atoms with Gasteiger partial charge >= 0.3 is 0 Å². The van der Waals surface area contributed by atoms with Crippen LogP contribution in [0.5, 0.6) is 23.0 Å². The lowest BCUT2D eigenvalue weighted by Crippen LogP contribution is -2.67. The van der Waals surface area contributed by atoms with Gasteiger partial charge in [-0.1, -0.05) is 12.1 Å². The van der Waals surface area contributed by atoms with Gasteiger partial charge in [-0.25, -0.2) is 0 Å². The summed E-state index contributed by atoms with van der Waals surface area (Å²) in [4.78, 5) is 1.76. The van der Waals surface area contributed by atoms with Crippen LogP contribution in [0.4, 0.5) is 5.69 Å². The molecule has 0 bridgehead atoms. The number of fused-ring (bicyclic) bond motifs is 6. The zero-order chi connectivity index (χ0) is 26.9. The van der Waals surface area contributed by atoms with Crippen molar-refractivity contribution in [1.29, 1.82) is 0 Å². The van der Waals surface area contributed by atoms with Gasteiger partial charge in [0, 0.05) is 23.6 Å². The van der Waals surface area contributed by atoms with E-state index in [2.05, 4.69) is 0 Å². The van der Waals surface area contributed by atoms with Crippen LogP contribution in [-0.4, -0.2) is 90.4 Å². The molecule has 1 fully saturated rings. The van der Waals surface area contributed by atoms with Crippen LogP contribution in [-0.2, 0) is 4.74 Å². The summed E-state index contributed by atoms with van der Waals surface area (Å²) in [7, 11) is 4.70. The normalized spacial score (nSPS) is 28.6. The molecular formula is C27H29NO10. The van der Waals surface area contributed by atoms with Crippen LogP contribution in [0.3, 0.4) is 0 Å². The third kappa shape index (κ3) is 3.37. The van der Waals surface area contributed by atoms with E-state index < -0.39 is 42.9 Å². The van der Waals surface area contributed by atoms with Crippen molar-refractivity contribution in [3.8, 4) is 34.1 Å². The molecule has 5 N–H and O–H groups in total. The average Bonchev–Trinajstić information content (AvgIpc) is 3.39. The first-order valence-corrected chi connectivity index (χ1v) is 12.1. The minimum Gasteiger partial charge on any atom is -0.493 e. The van der Waals surface area contributed by atoms with Crippen LogP contribution in [0, 0.1) is 0 Å². The largest absolute Gasteiger partial charge is 0.493 e. The molecule has 3 heterocycles. The molecule has 1 saturated heterocycles. The lowest BCUT2D eigenvalue weighted by Gasteiger charge is -2.49. The molecule has 11 nitrogen and oxygen atoms in total.